The molecular formula is C11H13ClFN. The maximum Gasteiger partial charge on any atom is 0.142 e. The minimum atomic E-state index is -0.354. The smallest absolute Gasteiger partial charge is 0.142 e. The predicted octanol–water partition coefficient (Wildman–Crippen LogP) is 2.76. The highest BCUT2D eigenvalue weighted by Gasteiger charge is 2.28. The first kappa shape index (κ1) is 9.94. The van der Waals surface area contributed by atoms with Gasteiger partial charge in [-0.15, -0.1) is 0 Å². The van der Waals surface area contributed by atoms with Crippen LogP contribution in [0.2, 0.25) is 5.02 Å². The third-order valence-electron chi connectivity index (χ3n) is 2.71. The van der Waals surface area contributed by atoms with Crippen LogP contribution in [0.3, 0.4) is 0 Å². The predicted molar refractivity (Wildman–Crippen MR) is 55.8 cm³/mol. The van der Waals surface area contributed by atoms with Gasteiger partial charge in [-0.25, -0.2) is 4.39 Å². The summed E-state index contributed by atoms with van der Waals surface area (Å²) in [6.07, 6.45) is 3.09. The van der Waals surface area contributed by atoms with Gasteiger partial charge < -0.3 is 5.73 Å². The van der Waals surface area contributed by atoms with Gasteiger partial charge in [-0.2, -0.15) is 0 Å². The quantitative estimate of drug-likeness (QED) is 0.821. The molecule has 0 aliphatic heterocycles. The van der Waals surface area contributed by atoms with Crippen LogP contribution in [0, 0.1) is 11.7 Å². The first-order valence-electron chi connectivity index (χ1n) is 4.87. The largest absolute Gasteiger partial charge is 0.327 e. The van der Waals surface area contributed by atoms with E-state index in [0.717, 1.165) is 5.56 Å². The lowest BCUT2D eigenvalue weighted by Crippen LogP contribution is -2.25. The van der Waals surface area contributed by atoms with Gasteiger partial charge in [0.1, 0.15) is 5.82 Å². The van der Waals surface area contributed by atoms with Crippen molar-refractivity contribution in [2.24, 2.45) is 11.7 Å². The van der Waals surface area contributed by atoms with Crippen LogP contribution < -0.4 is 5.73 Å². The fourth-order valence-corrected chi connectivity index (χ4v) is 1.85. The second-order valence-corrected chi connectivity index (χ2v) is 4.30. The van der Waals surface area contributed by atoms with Crippen LogP contribution in [-0.2, 0) is 6.42 Å². The number of benzene rings is 1. The van der Waals surface area contributed by atoms with Crippen LogP contribution in [0.4, 0.5) is 4.39 Å². The Labute approximate surface area is 88.1 Å². The Morgan fingerprint density at radius 3 is 2.86 bits per heavy atom. The Kier molecular flexibility index (Phi) is 2.75. The van der Waals surface area contributed by atoms with Crippen molar-refractivity contribution in [3.05, 3.63) is 34.6 Å². The molecule has 1 aromatic rings. The number of hydrogen-bond acceptors (Lipinski definition) is 1. The van der Waals surface area contributed by atoms with Crippen LogP contribution in [0.25, 0.3) is 0 Å². The van der Waals surface area contributed by atoms with E-state index in [1.807, 2.05) is 6.07 Å². The lowest BCUT2D eigenvalue weighted by molar-refractivity contribution is 0.584. The van der Waals surface area contributed by atoms with Crippen LogP contribution in [0.1, 0.15) is 18.4 Å². The zero-order valence-corrected chi connectivity index (χ0v) is 8.60. The van der Waals surface area contributed by atoms with Crippen LogP contribution in [0.15, 0.2) is 18.2 Å². The molecule has 1 aliphatic carbocycles. The summed E-state index contributed by atoms with van der Waals surface area (Å²) in [5.74, 6) is 0.265. The van der Waals surface area contributed by atoms with Crippen molar-refractivity contribution in [2.75, 3.05) is 0 Å². The van der Waals surface area contributed by atoms with Gasteiger partial charge in [-0.05, 0) is 36.8 Å². The van der Waals surface area contributed by atoms with Crippen molar-refractivity contribution in [3.63, 3.8) is 0 Å². The molecule has 1 unspecified atom stereocenters. The van der Waals surface area contributed by atoms with Gasteiger partial charge in [0, 0.05) is 6.04 Å². The summed E-state index contributed by atoms with van der Waals surface area (Å²) in [4.78, 5) is 0. The summed E-state index contributed by atoms with van der Waals surface area (Å²) in [5, 5.41) is 0.226. The molecule has 76 valence electrons. The lowest BCUT2D eigenvalue weighted by Gasteiger charge is -2.11. The Bertz CT molecular complexity index is 336. The first-order valence-corrected chi connectivity index (χ1v) is 5.24. The van der Waals surface area contributed by atoms with Crippen molar-refractivity contribution in [1.82, 2.24) is 0 Å². The maximum absolute atomic E-state index is 13.1. The molecule has 2 rings (SSSR count). The first-order chi connectivity index (χ1) is 6.68. The highest BCUT2D eigenvalue weighted by Crippen LogP contribution is 2.34. The van der Waals surface area contributed by atoms with E-state index in [4.69, 9.17) is 17.3 Å². The SMILES string of the molecule is NC(Cc1cccc(F)c1Cl)C1CC1. The van der Waals surface area contributed by atoms with Crippen LogP contribution in [-0.4, -0.2) is 6.04 Å². The van der Waals surface area contributed by atoms with E-state index in [9.17, 15) is 4.39 Å². The molecule has 1 aliphatic rings. The molecule has 0 spiro atoms. The third kappa shape index (κ3) is 2.07. The van der Waals surface area contributed by atoms with Gasteiger partial charge in [-0.3, -0.25) is 0 Å². The maximum atomic E-state index is 13.1. The van der Waals surface area contributed by atoms with Gasteiger partial charge >= 0.3 is 0 Å². The van der Waals surface area contributed by atoms with Crippen molar-refractivity contribution in [2.45, 2.75) is 25.3 Å². The normalized spacial score (nSPS) is 18.2. The fourth-order valence-electron chi connectivity index (χ4n) is 1.65. The summed E-state index contributed by atoms with van der Waals surface area (Å²) in [6.45, 7) is 0. The Morgan fingerprint density at radius 2 is 2.21 bits per heavy atom. The van der Waals surface area contributed by atoms with E-state index < -0.39 is 0 Å². The summed E-state index contributed by atoms with van der Waals surface area (Å²) in [5.41, 5.74) is 6.77. The third-order valence-corrected chi connectivity index (χ3v) is 3.14. The Morgan fingerprint density at radius 1 is 1.50 bits per heavy atom. The number of rotatable bonds is 3. The van der Waals surface area contributed by atoms with E-state index in [2.05, 4.69) is 0 Å². The zero-order chi connectivity index (χ0) is 10.1. The van der Waals surface area contributed by atoms with E-state index in [0.29, 0.717) is 12.3 Å². The van der Waals surface area contributed by atoms with E-state index in [1.165, 1.54) is 18.9 Å². The molecule has 1 atom stereocenters. The molecular weight excluding hydrogens is 201 g/mol. The summed E-state index contributed by atoms with van der Waals surface area (Å²) in [6, 6.07) is 5.02. The summed E-state index contributed by atoms with van der Waals surface area (Å²) >= 11 is 5.83. The average Bonchev–Trinajstić information content (AvgIpc) is 2.95. The molecule has 0 aromatic heterocycles. The molecule has 1 nitrogen and oxygen atoms in total. The standard InChI is InChI=1S/C11H13ClFN/c12-11-8(2-1-3-9(11)13)6-10(14)7-4-5-7/h1-3,7,10H,4-6,14H2. The molecule has 3 heteroatoms. The van der Waals surface area contributed by atoms with Crippen molar-refractivity contribution >= 4 is 11.6 Å². The molecule has 0 saturated heterocycles. The van der Waals surface area contributed by atoms with Gasteiger partial charge in [0.05, 0.1) is 5.02 Å². The Hall–Kier alpha value is -0.600. The molecule has 1 fully saturated rings. The molecule has 0 bridgehead atoms. The highest BCUT2D eigenvalue weighted by molar-refractivity contribution is 6.31. The van der Waals surface area contributed by atoms with E-state index in [1.54, 1.807) is 6.07 Å². The molecule has 1 saturated carbocycles. The summed E-state index contributed by atoms with van der Waals surface area (Å²) < 4.78 is 13.1. The molecule has 14 heavy (non-hydrogen) atoms. The minimum absolute atomic E-state index is 0.134. The van der Waals surface area contributed by atoms with Crippen LogP contribution >= 0.6 is 11.6 Å². The topological polar surface area (TPSA) is 26.0 Å². The number of halogens is 2. The average molecular weight is 214 g/mol. The van der Waals surface area contributed by atoms with Gasteiger partial charge in [-0.1, -0.05) is 23.7 Å². The second-order valence-electron chi connectivity index (χ2n) is 3.92. The van der Waals surface area contributed by atoms with Gasteiger partial charge in [0.15, 0.2) is 0 Å². The molecule has 1 aromatic carbocycles. The summed E-state index contributed by atoms with van der Waals surface area (Å²) in [7, 11) is 0. The zero-order valence-electron chi connectivity index (χ0n) is 7.84. The van der Waals surface area contributed by atoms with Crippen molar-refractivity contribution < 1.29 is 4.39 Å². The Balaban J connectivity index is 2.11. The van der Waals surface area contributed by atoms with E-state index >= 15 is 0 Å². The van der Waals surface area contributed by atoms with Crippen LogP contribution in [0.5, 0.6) is 0 Å². The number of hydrogen-bond donors (Lipinski definition) is 1. The van der Waals surface area contributed by atoms with Crippen molar-refractivity contribution in [3.8, 4) is 0 Å². The molecule has 0 radical (unpaired) electrons. The fraction of sp³-hybridized carbons (Fsp3) is 0.455. The van der Waals surface area contributed by atoms with Gasteiger partial charge in [0.25, 0.3) is 0 Å². The minimum Gasteiger partial charge on any atom is -0.327 e. The monoisotopic (exact) mass is 213 g/mol. The number of nitrogens with two attached hydrogens (primary N) is 1. The molecule has 2 N–H and O–H groups in total. The van der Waals surface area contributed by atoms with E-state index in [-0.39, 0.29) is 16.9 Å². The molecule has 0 heterocycles. The second kappa shape index (κ2) is 3.87. The highest BCUT2D eigenvalue weighted by atomic mass is 35.5. The molecule has 0 amide bonds. The lowest BCUT2D eigenvalue weighted by atomic mass is 10.0. The van der Waals surface area contributed by atoms with Gasteiger partial charge in [0.2, 0.25) is 0 Å². The van der Waals surface area contributed by atoms with Crippen molar-refractivity contribution in [1.29, 1.82) is 0 Å².